The number of aryl methyl sites for hydroxylation is 1. The molecule has 0 radical (unpaired) electrons. The second-order valence-electron chi connectivity index (χ2n) is 15.9. The zero-order valence-electron chi connectivity index (χ0n) is 33.4. The molecule has 8 aromatic carbocycles. The molecule has 0 saturated carbocycles. The second kappa shape index (κ2) is 13.8. The van der Waals surface area contributed by atoms with Gasteiger partial charge in [-0.2, -0.15) is 12.1 Å². The molecule has 0 saturated heterocycles. The van der Waals surface area contributed by atoms with Crippen molar-refractivity contribution < 1.29 is 29.7 Å². The van der Waals surface area contributed by atoms with Gasteiger partial charge in [-0.1, -0.05) is 151 Å². The number of imidazole rings is 1. The van der Waals surface area contributed by atoms with Gasteiger partial charge in [0.05, 0.1) is 18.1 Å². The molecule has 0 N–H and O–H groups in total. The number of pyridine rings is 1. The molecule has 0 fully saturated rings. The molecule has 1 aliphatic heterocycles. The molecular formula is C56H34N4OPd-2. The number of rotatable bonds is 5. The fourth-order valence-electron chi connectivity index (χ4n) is 10.4. The Labute approximate surface area is 372 Å². The molecule has 3 aromatic heterocycles. The molecule has 1 aliphatic carbocycles. The van der Waals surface area contributed by atoms with Crippen molar-refractivity contribution in [2.24, 2.45) is 7.05 Å². The number of fused-ring (bicyclic) bond motifs is 12. The predicted octanol–water partition coefficient (Wildman–Crippen LogP) is 12.1. The summed E-state index contributed by atoms with van der Waals surface area (Å²) in [6.45, 7) is 0. The van der Waals surface area contributed by atoms with Crippen LogP contribution in [-0.4, -0.2) is 14.1 Å². The van der Waals surface area contributed by atoms with Gasteiger partial charge in [-0.05, 0) is 73.7 Å². The molecule has 5 nitrogen and oxygen atoms in total. The quantitative estimate of drug-likeness (QED) is 0.0981. The molecule has 0 amide bonds. The van der Waals surface area contributed by atoms with Gasteiger partial charge in [0, 0.05) is 49.1 Å². The molecule has 13 rings (SSSR count). The molecule has 11 aromatic rings. The van der Waals surface area contributed by atoms with Crippen LogP contribution in [0.2, 0.25) is 0 Å². The van der Waals surface area contributed by atoms with Gasteiger partial charge in [-0.3, -0.25) is 0 Å². The monoisotopic (exact) mass is 884 g/mol. The van der Waals surface area contributed by atoms with Crippen molar-refractivity contribution in [3.63, 3.8) is 0 Å². The van der Waals surface area contributed by atoms with Crippen LogP contribution in [0.3, 0.4) is 0 Å². The zero-order valence-corrected chi connectivity index (χ0v) is 35.0. The summed E-state index contributed by atoms with van der Waals surface area (Å²) in [6, 6.07) is 72.3. The van der Waals surface area contributed by atoms with Crippen molar-refractivity contribution in [2.45, 2.75) is 5.41 Å². The van der Waals surface area contributed by atoms with E-state index in [0.717, 1.165) is 49.9 Å². The standard InChI is InChI=1S/C56H34N4O.Pd/c1-58-35-59-51-34-39(61-38-28-30-43-42-19-8-9-25-48(42)60(50(43)33-38)52-27-10-11-32-57-52)29-31-46(51)56(47-24-14-26-49(58)55(47)59)53-40(36-15-4-2-5-16-36)20-12-22-44(53)45-23-13-21-41(54(45)56)37-17-6-3-7-18-37;/h2-32H,1H3;/q-2;. The molecule has 0 atom stereocenters. The molecule has 296 valence electrons. The Kier molecular flexibility index (Phi) is 8.14. The first-order chi connectivity index (χ1) is 30.2. The van der Waals surface area contributed by atoms with Crippen LogP contribution in [0.5, 0.6) is 11.5 Å². The van der Waals surface area contributed by atoms with Crippen LogP contribution in [0.1, 0.15) is 22.3 Å². The summed E-state index contributed by atoms with van der Waals surface area (Å²) in [6.07, 6.45) is 5.51. The Balaban J connectivity index is 0.00000410. The number of nitrogens with zero attached hydrogens (tertiary/aromatic N) is 4. The molecule has 4 heterocycles. The normalized spacial score (nSPS) is 12.9. The van der Waals surface area contributed by atoms with Gasteiger partial charge >= 0.3 is 0 Å². The maximum absolute atomic E-state index is 6.83. The molecule has 6 heteroatoms. The average molecular weight is 885 g/mol. The van der Waals surface area contributed by atoms with Crippen molar-refractivity contribution in [3.8, 4) is 56.4 Å². The zero-order chi connectivity index (χ0) is 40.2. The summed E-state index contributed by atoms with van der Waals surface area (Å²) in [5.41, 5.74) is 16.4. The summed E-state index contributed by atoms with van der Waals surface area (Å²) < 4.78 is 13.3. The number of para-hydroxylation sites is 2. The minimum atomic E-state index is -0.725. The summed E-state index contributed by atoms with van der Waals surface area (Å²) in [5, 5.41) is 2.22. The summed E-state index contributed by atoms with van der Waals surface area (Å²) in [7, 11) is 2.08. The third-order valence-corrected chi connectivity index (χ3v) is 12.8. The van der Waals surface area contributed by atoms with Gasteiger partial charge in [0.2, 0.25) is 6.33 Å². The van der Waals surface area contributed by atoms with E-state index in [-0.39, 0.29) is 20.4 Å². The van der Waals surface area contributed by atoms with Crippen LogP contribution >= 0.6 is 0 Å². The first kappa shape index (κ1) is 36.5. The van der Waals surface area contributed by atoms with Gasteiger partial charge in [-0.15, -0.1) is 35.2 Å². The maximum atomic E-state index is 6.83. The summed E-state index contributed by atoms with van der Waals surface area (Å²) >= 11 is 0. The van der Waals surface area contributed by atoms with Crippen LogP contribution in [0.25, 0.3) is 77.7 Å². The molecule has 2 aliphatic rings. The average Bonchev–Trinajstić information content (AvgIpc) is 3.95. The van der Waals surface area contributed by atoms with E-state index in [1.165, 1.54) is 50.1 Å². The summed E-state index contributed by atoms with van der Waals surface area (Å²) in [5.74, 6) is 2.01. The fraction of sp³-hybridized carbons (Fsp3) is 0.0357. The largest absolute Gasteiger partial charge is 0.510 e. The number of hydrogen-bond donors (Lipinski definition) is 0. The molecule has 0 bridgehead atoms. The molecule has 1 spiro atoms. The van der Waals surface area contributed by atoms with Crippen LogP contribution < -0.4 is 9.30 Å². The van der Waals surface area contributed by atoms with Gasteiger partial charge in [0.1, 0.15) is 5.82 Å². The van der Waals surface area contributed by atoms with Crippen LogP contribution in [0, 0.1) is 18.5 Å². The SMILES string of the molecule is C[n+]1[c-]n2c3c(cccc31)C1(c3ccc(Oc4[c-]c5c(cc4)c4ccccc4n5-c4ccccn4)[c-]c3-2)c2c(-c3ccccc3)cccc2-c2cccc(-c3ccccc3)c21.[Pd]. The Morgan fingerprint density at radius 2 is 1.18 bits per heavy atom. The van der Waals surface area contributed by atoms with E-state index < -0.39 is 5.41 Å². The third-order valence-electron chi connectivity index (χ3n) is 12.8. The Morgan fingerprint density at radius 1 is 0.548 bits per heavy atom. The molecule has 62 heavy (non-hydrogen) atoms. The van der Waals surface area contributed by atoms with E-state index in [1.807, 2.05) is 30.5 Å². The van der Waals surface area contributed by atoms with Crippen LogP contribution in [0.4, 0.5) is 0 Å². The van der Waals surface area contributed by atoms with Gasteiger partial charge in [0.15, 0.2) is 0 Å². The van der Waals surface area contributed by atoms with E-state index >= 15 is 0 Å². The van der Waals surface area contributed by atoms with Crippen LogP contribution in [0.15, 0.2) is 188 Å². The Hall–Kier alpha value is -7.36. The second-order valence-corrected chi connectivity index (χ2v) is 15.9. The number of ether oxygens (including phenoxy) is 1. The van der Waals surface area contributed by atoms with E-state index in [2.05, 4.69) is 197 Å². The van der Waals surface area contributed by atoms with E-state index in [0.29, 0.717) is 11.5 Å². The molecular weight excluding hydrogens is 851 g/mol. The minimum absolute atomic E-state index is 0. The first-order valence-electron chi connectivity index (χ1n) is 20.6. The topological polar surface area (TPSA) is 35.9 Å². The van der Waals surface area contributed by atoms with Crippen molar-refractivity contribution in [2.75, 3.05) is 0 Å². The number of hydrogen-bond acceptors (Lipinski definition) is 2. The summed E-state index contributed by atoms with van der Waals surface area (Å²) in [4.78, 5) is 4.73. The van der Waals surface area contributed by atoms with Crippen LogP contribution in [-0.2, 0) is 32.9 Å². The van der Waals surface area contributed by atoms with Gasteiger partial charge < -0.3 is 18.4 Å². The minimum Gasteiger partial charge on any atom is -0.510 e. The van der Waals surface area contributed by atoms with Crippen molar-refractivity contribution in [3.05, 3.63) is 229 Å². The number of aromatic nitrogens is 4. The third kappa shape index (κ3) is 5.00. The van der Waals surface area contributed by atoms with E-state index in [1.54, 1.807) is 0 Å². The maximum Gasteiger partial charge on any atom is 0.242 e. The first-order valence-corrected chi connectivity index (χ1v) is 20.6. The van der Waals surface area contributed by atoms with Crippen molar-refractivity contribution >= 4 is 32.8 Å². The molecule has 0 unspecified atom stereocenters. The Morgan fingerprint density at radius 3 is 1.89 bits per heavy atom. The van der Waals surface area contributed by atoms with Gasteiger partial charge in [0.25, 0.3) is 0 Å². The fourth-order valence-corrected chi connectivity index (χ4v) is 10.4. The van der Waals surface area contributed by atoms with Gasteiger partial charge in [-0.25, -0.2) is 4.98 Å². The number of benzene rings is 8. The smallest absolute Gasteiger partial charge is 0.242 e. The van der Waals surface area contributed by atoms with E-state index in [4.69, 9.17) is 9.72 Å². The van der Waals surface area contributed by atoms with E-state index in [9.17, 15) is 0 Å². The predicted molar refractivity (Wildman–Crippen MR) is 241 cm³/mol. The Bertz CT molecular complexity index is 3490. The van der Waals surface area contributed by atoms with Crippen molar-refractivity contribution in [1.29, 1.82) is 0 Å². The van der Waals surface area contributed by atoms with Crippen molar-refractivity contribution in [1.82, 2.24) is 14.1 Å².